The fourth-order valence-electron chi connectivity index (χ4n) is 2.50. The molecule has 0 fully saturated rings. The second-order valence-electron chi connectivity index (χ2n) is 5.75. The van der Waals surface area contributed by atoms with Gasteiger partial charge in [-0.2, -0.15) is 8.78 Å². The highest BCUT2D eigenvalue weighted by Crippen LogP contribution is 2.25. The average Bonchev–Trinajstić information content (AvgIpc) is 2.66. The Hall–Kier alpha value is -2.41. The highest BCUT2D eigenvalue weighted by atomic mass is 32.2. The van der Waals surface area contributed by atoms with E-state index in [1.165, 1.54) is 24.3 Å². The van der Waals surface area contributed by atoms with E-state index in [1.54, 1.807) is 6.92 Å². The maximum Gasteiger partial charge on any atom is 0.311 e. The Morgan fingerprint density at radius 2 is 1.74 bits per heavy atom. The normalized spacial score (nSPS) is 11.9. The molecule has 27 heavy (non-hydrogen) atoms. The van der Waals surface area contributed by atoms with E-state index in [-0.39, 0.29) is 25.0 Å². The number of amides is 1. The van der Waals surface area contributed by atoms with Crippen LogP contribution in [0.2, 0.25) is 0 Å². The van der Waals surface area contributed by atoms with Crippen LogP contribution < -0.4 is 5.32 Å². The molecule has 1 atom stereocenters. The van der Waals surface area contributed by atoms with Crippen LogP contribution in [-0.4, -0.2) is 30.8 Å². The third kappa shape index (κ3) is 7.02. The zero-order chi connectivity index (χ0) is 19.6. The van der Waals surface area contributed by atoms with Crippen molar-refractivity contribution in [3.8, 4) is 0 Å². The van der Waals surface area contributed by atoms with Gasteiger partial charge in [-0.3, -0.25) is 9.59 Å². The van der Waals surface area contributed by atoms with Crippen LogP contribution >= 0.6 is 11.8 Å². The number of nitrogens with one attached hydrogen (secondary N) is 1. The Kier molecular flexibility index (Phi) is 8.26. The van der Waals surface area contributed by atoms with Crippen LogP contribution in [0.1, 0.15) is 22.8 Å². The van der Waals surface area contributed by atoms with E-state index in [0.29, 0.717) is 28.6 Å². The van der Waals surface area contributed by atoms with Gasteiger partial charge < -0.3 is 10.1 Å². The number of thioether (sulfide) groups is 1. The van der Waals surface area contributed by atoms with Crippen molar-refractivity contribution >= 4 is 23.6 Å². The van der Waals surface area contributed by atoms with Crippen LogP contribution in [0.4, 0.5) is 8.78 Å². The number of rotatable bonds is 9. The molecule has 2 aromatic carbocycles. The molecule has 7 heteroatoms. The van der Waals surface area contributed by atoms with Crippen LogP contribution in [0, 0.1) is 5.92 Å². The lowest BCUT2D eigenvalue weighted by atomic mass is 9.99. The number of alkyl halides is 2. The summed E-state index contributed by atoms with van der Waals surface area (Å²) in [4.78, 5) is 24.9. The molecule has 1 unspecified atom stereocenters. The van der Waals surface area contributed by atoms with E-state index >= 15 is 0 Å². The van der Waals surface area contributed by atoms with Gasteiger partial charge in [0.1, 0.15) is 0 Å². The Balaban J connectivity index is 1.98. The molecule has 0 bridgehead atoms. The second-order valence-corrected chi connectivity index (χ2v) is 6.82. The number of ether oxygens (including phenoxy) is 1. The van der Waals surface area contributed by atoms with E-state index < -0.39 is 11.7 Å². The van der Waals surface area contributed by atoms with Crippen molar-refractivity contribution in [3.63, 3.8) is 0 Å². The molecule has 0 aliphatic heterocycles. The average molecular weight is 393 g/mol. The number of halogens is 2. The highest BCUT2D eigenvalue weighted by molar-refractivity contribution is 7.99. The molecule has 0 aliphatic rings. The van der Waals surface area contributed by atoms with Gasteiger partial charge in [-0.05, 0) is 43.2 Å². The minimum Gasteiger partial charge on any atom is -0.466 e. The number of carbonyl (C=O) groups excluding carboxylic acids is 2. The Bertz CT molecular complexity index is 739. The molecule has 2 rings (SSSR count). The largest absolute Gasteiger partial charge is 0.466 e. The molecule has 0 aliphatic carbocycles. The van der Waals surface area contributed by atoms with Crippen molar-refractivity contribution < 1.29 is 23.1 Å². The van der Waals surface area contributed by atoms with E-state index in [1.807, 2.05) is 30.3 Å². The Morgan fingerprint density at radius 3 is 2.33 bits per heavy atom. The monoisotopic (exact) mass is 393 g/mol. The van der Waals surface area contributed by atoms with Crippen molar-refractivity contribution in [2.24, 2.45) is 5.92 Å². The van der Waals surface area contributed by atoms with Gasteiger partial charge in [-0.25, -0.2) is 0 Å². The van der Waals surface area contributed by atoms with Gasteiger partial charge in [0.15, 0.2) is 0 Å². The summed E-state index contributed by atoms with van der Waals surface area (Å²) in [7, 11) is 0. The molecule has 0 radical (unpaired) electrons. The lowest BCUT2D eigenvalue weighted by molar-refractivity contribution is -0.147. The number of benzene rings is 2. The number of hydrogen-bond donors (Lipinski definition) is 1. The first-order valence-electron chi connectivity index (χ1n) is 8.53. The van der Waals surface area contributed by atoms with E-state index in [0.717, 1.165) is 5.56 Å². The van der Waals surface area contributed by atoms with E-state index in [2.05, 4.69) is 5.32 Å². The van der Waals surface area contributed by atoms with Crippen molar-refractivity contribution in [3.05, 3.63) is 65.7 Å². The van der Waals surface area contributed by atoms with Crippen molar-refractivity contribution in [2.75, 3.05) is 13.2 Å². The van der Waals surface area contributed by atoms with Crippen molar-refractivity contribution in [1.29, 1.82) is 0 Å². The number of carbonyl (C=O) groups is 2. The quantitative estimate of drug-likeness (QED) is 0.514. The van der Waals surface area contributed by atoms with Gasteiger partial charge in [-0.15, -0.1) is 0 Å². The SMILES string of the molecule is CCOC(=O)C(CNC(=O)c1ccc(SC(F)F)cc1)Cc1ccccc1. The van der Waals surface area contributed by atoms with Crippen LogP contribution in [0.3, 0.4) is 0 Å². The zero-order valence-corrected chi connectivity index (χ0v) is 15.7. The maximum atomic E-state index is 12.3. The number of esters is 1. The third-order valence-corrected chi connectivity index (χ3v) is 4.52. The zero-order valence-electron chi connectivity index (χ0n) is 14.9. The summed E-state index contributed by atoms with van der Waals surface area (Å²) in [5.41, 5.74) is 1.31. The predicted molar refractivity (Wildman–Crippen MR) is 101 cm³/mol. The molecule has 0 spiro atoms. The van der Waals surface area contributed by atoms with Gasteiger partial charge in [0.2, 0.25) is 0 Å². The van der Waals surface area contributed by atoms with Crippen molar-refractivity contribution in [1.82, 2.24) is 5.32 Å². The molecule has 0 aromatic heterocycles. The fourth-order valence-corrected chi connectivity index (χ4v) is 3.00. The Labute approximate surface area is 161 Å². The second kappa shape index (κ2) is 10.7. The van der Waals surface area contributed by atoms with Gasteiger partial charge in [0, 0.05) is 17.0 Å². The van der Waals surface area contributed by atoms with Crippen LogP contribution in [-0.2, 0) is 16.0 Å². The maximum absolute atomic E-state index is 12.3. The van der Waals surface area contributed by atoms with Gasteiger partial charge in [0.05, 0.1) is 12.5 Å². The molecule has 2 aromatic rings. The van der Waals surface area contributed by atoms with Crippen LogP contribution in [0.5, 0.6) is 0 Å². The molecular formula is C20H21F2NO3S. The molecule has 4 nitrogen and oxygen atoms in total. The van der Waals surface area contributed by atoms with Crippen LogP contribution in [0.25, 0.3) is 0 Å². The molecule has 0 saturated carbocycles. The van der Waals surface area contributed by atoms with E-state index in [4.69, 9.17) is 4.74 Å². The smallest absolute Gasteiger partial charge is 0.311 e. The summed E-state index contributed by atoms with van der Waals surface area (Å²) in [6.45, 7) is 2.12. The molecule has 1 N–H and O–H groups in total. The molecule has 144 valence electrons. The van der Waals surface area contributed by atoms with Crippen LogP contribution in [0.15, 0.2) is 59.5 Å². The summed E-state index contributed by atoms with van der Waals surface area (Å²) < 4.78 is 29.8. The lowest BCUT2D eigenvalue weighted by Gasteiger charge is -2.16. The van der Waals surface area contributed by atoms with Gasteiger partial charge in [-0.1, -0.05) is 42.1 Å². The summed E-state index contributed by atoms with van der Waals surface area (Å²) in [5, 5.41) is 2.72. The first-order valence-corrected chi connectivity index (χ1v) is 9.41. The standard InChI is InChI=1S/C20H21F2NO3S/c1-2-26-19(25)16(12-14-6-4-3-5-7-14)13-23-18(24)15-8-10-17(11-9-15)27-20(21)22/h3-11,16,20H,2,12-13H2,1H3,(H,23,24). The molecule has 1 amide bonds. The fraction of sp³-hybridized carbons (Fsp3) is 0.300. The summed E-state index contributed by atoms with van der Waals surface area (Å²) in [5.74, 6) is -3.76. The molecule has 0 heterocycles. The summed E-state index contributed by atoms with van der Waals surface area (Å²) >= 11 is 0.421. The summed E-state index contributed by atoms with van der Waals surface area (Å²) in [6.07, 6.45) is 0.448. The first kappa shape index (κ1) is 20.9. The van der Waals surface area contributed by atoms with E-state index in [9.17, 15) is 18.4 Å². The minimum atomic E-state index is -2.51. The third-order valence-electron chi connectivity index (χ3n) is 3.80. The summed E-state index contributed by atoms with van der Waals surface area (Å²) in [6, 6.07) is 15.4. The topological polar surface area (TPSA) is 55.4 Å². The lowest BCUT2D eigenvalue weighted by Crippen LogP contribution is -2.35. The molecular weight excluding hydrogens is 372 g/mol. The minimum absolute atomic E-state index is 0.125. The number of hydrogen-bond acceptors (Lipinski definition) is 4. The molecule has 0 saturated heterocycles. The van der Waals surface area contributed by atoms with Gasteiger partial charge in [0.25, 0.3) is 11.7 Å². The first-order chi connectivity index (χ1) is 13.0. The van der Waals surface area contributed by atoms with Gasteiger partial charge >= 0.3 is 5.97 Å². The highest BCUT2D eigenvalue weighted by Gasteiger charge is 2.21. The van der Waals surface area contributed by atoms with Crippen molar-refractivity contribution in [2.45, 2.75) is 24.0 Å². The predicted octanol–water partition coefficient (Wildman–Crippen LogP) is 4.15. The Morgan fingerprint density at radius 1 is 1.07 bits per heavy atom.